The molecule has 2 aromatic carbocycles. The van der Waals surface area contributed by atoms with Crippen LogP contribution in [0.15, 0.2) is 47.5 Å². The van der Waals surface area contributed by atoms with Crippen molar-refractivity contribution in [2.75, 3.05) is 0 Å². The van der Waals surface area contributed by atoms with Crippen LogP contribution in [0.3, 0.4) is 0 Å². The van der Waals surface area contributed by atoms with E-state index in [1.54, 1.807) is 44.5 Å². The van der Waals surface area contributed by atoms with Crippen LogP contribution in [0.1, 0.15) is 94.6 Å². The Morgan fingerprint density at radius 2 is 1.16 bits per heavy atom. The second-order valence-electron chi connectivity index (χ2n) is 9.05. The zero-order chi connectivity index (χ0) is 22.0. The predicted molar refractivity (Wildman–Crippen MR) is 136 cm³/mol. The molecule has 0 aliphatic heterocycles. The van der Waals surface area contributed by atoms with E-state index in [1.807, 2.05) is 0 Å². The molecular formula is C29H38HfSi. The number of aryl methyl sites for hydroxylation is 2. The van der Waals surface area contributed by atoms with Crippen molar-refractivity contribution in [2.24, 2.45) is 0 Å². The van der Waals surface area contributed by atoms with Crippen LogP contribution in [0.4, 0.5) is 0 Å². The molecule has 0 N–H and O–H groups in total. The van der Waals surface area contributed by atoms with Crippen molar-refractivity contribution in [2.45, 2.75) is 80.1 Å². The molecule has 0 fully saturated rings. The van der Waals surface area contributed by atoms with E-state index in [-0.39, 0.29) is 0 Å². The van der Waals surface area contributed by atoms with Gasteiger partial charge < -0.3 is 0 Å². The van der Waals surface area contributed by atoms with Crippen LogP contribution in [0.5, 0.6) is 0 Å². The second-order valence-corrected chi connectivity index (χ2v) is 27.6. The molecule has 0 saturated carbocycles. The molecule has 2 atom stereocenters. The molecule has 2 aliphatic rings. The number of benzene rings is 2. The summed E-state index contributed by atoms with van der Waals surface area (Å²) in [4.78, 5) is 0. The van der Waals surface area contributed by atoms with E-state index in [2.05, 4.69) is 83.2 Å². The molecule has 2 heteroatoms. The fourth-order valence-corrected chi connectivity index (χ4v) is 35.8. The fraction of sp³-hybridized carbons (Fsp3) is 0.448. The maximum absolute atomic E-state index is 2.63. The molecule has 0 saturated heterocycles. The van der Waals surface area contributed by atoms with Crippen molar-refractivity contribution in [3.63, 3.8) is 0 Å². The summed E-state index contributed by atoms with van der Waals surface area (Å²) < 4.78 is 1.63. The van der Waals surface area contributed by atoms with Crippen molar-refractivity contribution < 1.29 is 20.1 Å². The molecule has 0 radical (unpaired) electrons. The molecule has 0 nitrogen and oxygen atoms in total. The number of hydrogen-bond acceptors (Lipinski definition) is 0. The van der Waals surface area contributed by atoms with Gasteiger partial charge in [-0.3, -0.25) is 0 Å². The van der Waals surface area contributed by atoms with Gasteiger partial charge in [0.2, 0.25) is 0 Å². The van der Waals surface area contributed by atoms with Crippen molar-refractivity contribution >= 4 is 18.4 Å². The van der Waals surface area contributed by atoms with Gasteiger partial charge in [-0.2, -0.15) is 0 Å². The monoisotopic (exact) mass is 594 g/mol. The Bertz CT molecular complexity index is 977. The van der Waals surface area contributed by atoms with Crippen LogP contribution in [0.2, 0.25) is 6.04 Å². The molecular weight excluding hydrogens is 555 g/mol. The van der Waals surface area contributed by atoms with Crippen LogP contribution >= 0.6 is 0 Å². The van der Waals surface area contributed by atoms with Gasteiger partial charge in [-0.25, -0.2) is 0 Å². The van der Waals surface area contributed by atoms with Gasteiger partial charge in [0.25, 0.3) is 0 Å². The second kappa shape index (κ2) is 10.3. The minimum absolute atomic E-state index is 0.609. The third-order valence-corrected chi connectivity index (χ3v) is 32.1. The summed E-state index contributed by atoms with van der Waals surface area (Å²) in [5, 5.41) is 0. The summed E-state index contributed by atoms with van der Waals surface area (Å²) in [6.45, 7) is 11.9. The van der Waals surface area contributed by atoms with Gasteiger partial charge in [-0.15, -0.1) is 0 Å². The first-order chi connectivity index (χ1) is 15.2. The zero-order valence-corrected chi connectivity index (χ0v) is 24.8. The Morgan fingerprint density at radius 3 is 1.55 bits per heavy atom. The third kappa shape index (κ3) is 4.20. The summed E-state index contributed by atoms with van der Waals surface area (Å²) in [5.41, 5.74) is 13.3. The number of hydrogen-bond donors (Lipinski definition) is 0. The summed E-state index contributed by atoms with van der Waals surface area (Å²) in [6.07, 6.45) is 12.0. The molecule has 0 aromatic heterocycles. The normalized spacial score (nSPS) is 19.0. The van der Waals surface area contributed by atoms with Crippen molar-refractivity contribution in [1.82, 2.24) is 0 Å². The number of rotatable bonds is 8. The van der Waals surface area contributed by atoms with Gasteiger partial charge in [0.1, 0.15) is 0 Å². The molecule has 4 rings (SSSR count). The van der Waals surface area contributed by atoms with Crippen molar-refractivity contribution in [3.05, 3.63) is 80.9 Å². The SMILES string of the molecule is CCC[SiH]=[Hf]([CH]1C(CC)=Cc2c(CC)cccc21)[CH]1C(CC)=Cc2c(CC)cccc21. The third-order valence-electron chi connectivity index (χ3n) is 7.40. The van der Waals surface area contributed by atoms with Gasteiger partial charge in [0.05, 0.1) is 0 Å². The van der Waals surface area contributed by atoms with E-state index in [4.69, 9.17) is 0 Å². The molecule has 2 aliphatic carbocycles. The number of allylic oxidation sites excluding steroid dienone is 2. The van der Waals surface area contributed by atoms with E-state index in [1.165, 1.54) is 25.3 Å². The fourth-order valence-electron chi connectivity index (χ4n) is 5.79. The van der Waals surface area contributed by atoms with Crippen molar-refractivity contribution in [1.29, 1.82) is 0 Å². The average Bonchev–Trinajstić information content (AvgIpc) is 3.38. The molecule has 2 unspecified atom stereocenters. The van der Waals surface area contributed by atoms with Gasteiger partial charge in [-0.05, 0) is 0 Å². The van der Waals surface area contributed by atoms with E-state index in [0.717, 1.165) is 20.2 Å². The number of fused-ring (bicyclic) bond motifs is 2. The summed E-state index contributed by atoms with van der Waals surface area (Å²) in [7, 11) is 0. The predicted octanol–water partition coefficient (Wildman–Crippen LogP) is 8.01. The standard InChI is InChI=1S/2C13H15.C3H8Si.Hf/c2*1-3-10-8-12-7-5-6-11(4-2)13(12)9-10;1-2-3-4;/h2*5-9H,3-4H2,1-2H3;4H,2-3H2,1H3;. The van der Waals surface area contributed by atoms with Gasteiger partial charge in [0, 0.05) is 0 Å². The zero-order valence-electron chi connectivity index (χ0n) is 20.1. The molecule has 0 spiro atoms. The molecule has 0 bridgehead atoms. The van der Waals surface area contributed by atoms with Crippen LogP contribution < -0.4 is 0 Å². The van der Waals surface area contributed by atoms with E-state index in [0.29, 0.717) is 6.22 Å². The van der Waals surface area contributed by atoms with E-state index < -0.39 is 20.1 Å². The molecule has 2 aromatic rings. The van der Waals surface area contributed by atoms with Crippen molar-refractivity contribution in [3.8, 4) is 0 Å². The van der Waals surface area contributed by atoms with E-state index >= 15 is 0 Å². The first-order valence-electron chi connectivity index (χ1n) is 12.5. The quantitative estimate of drug-likeness (QED) is 0.272. The topological polar surface area (TPSA) is 0 Å². The Kier molecular flexibility index (Phi) is 7.70. The van der Waals surface area contributed by atoms with Gasteiger partial charge >= 0.3 is 199 Å². The van der Waals surface area contributed by atoms with Gasteiger partial charge in [-0.1, -0.05) is 0 Å². The summed E-state index contributed by atoms with van der Waals surface area (Å²) in [5.74, 6) is 0. The Labute approximate surface area is 198 Å². The molecule has 31 heavy (non-hydrogen) atoms. The Hall–Kier alpha value is -0.993. The first-order valence-corrected chi connectivity index (χ1v) is 24.3. The van der Waals surface area contributed by atoms with Gasteiger partial charge in [0.15, 0.2) is 0 Å². The van der Waals surface area contributed by atoms with Crippen LogP contribution in [0, 0.1) is 0 Å². The Balaban J connectivity index is 1.90. The van der Waals surface area contributed by atoms with Crippen LogP contribution in [-0.2, 0) is 32.9 Å². The summed E-state index contributed by atoms with van der Waals surface area (Å²) >= 11 is -2.08. The summed E-state index contributed by atoms with van der Waals surface area (Å²) in [6, 6.07) is 15.9. The molecule has 0 heterocycles. The van der Waals surface area contributed by atoms with E-state index in [9.17, 15) is 0 Å². The average molecular weight is 593 g/mol. The molecule has 162 valence electrons. The van der Waals surface area contributed by atoms with Crippen LogP contribution in [-0.4, -0.2) is 6.22 Å². The maximum atomic E-state index is 2.63. The minimum atomic E-state index is -2.08. The van der Waals surface area contributed by atoms with Crippen LogP contribution in [0.25, 0.3) is 12.2 Å². The molecule has 0 amide bonds. The Morgan fingerprint density at radius 1 is 0.677 bits per heavy atom. The first kappa shape index (κ1) is 23.2.